The summed E-state index contributed by atoms with van der Waals surface area (Å²) in [4.78, 5) is 4.66. The number of sulfone groups is 1. The van der Waals surface area contributed by atoms with Crippen molar-refractivity contribution >= 4 is 15.5 Å². The Balaban J connectivity index is 1.82. The molecular formula is C22H17F3N2O2S. The summed E-state index contributed by atoms with van der Waals surface area (Å²) in [5.41, 5.74) is 1.83. The SMILES string of the molecule is Cc1ccc(S(=O)(=O)Cc2c(-c3ccc(C(F)(F)F)cc3)nc3ccccn23)cc1. The quantitative estimate of drug-likeness (QED) is 0.441. The standard InChI is InChI=1S/C22H17F3N2O2S/c1-15-5-11-18(12-6-15)30(28,29)14-19-21(26-20-4-2-3-13-27(19)20)16-7-9-17(10-8-16)22(23,24)25/h2-13H,14H2,1H3. The summed E-state index contributed by atoms with van der Waals surface area (Å²) in [5.74, 6) is -0.336. The summed E-state index contributed by atoms with van der Waals surface area (Å²) >= 11 is 0. The van der Waals surface area contributed by atoms with E-state index in [1.54, 1.807) is 53.1 Å². The molecule has 4 nitrogen and oxygen atoms in total. The van der Waals surface area contributed by atoms with Gasteiger partial charge in [-0.1, -0.05) is 35.9 Å². The Kier molecular flexibility index (Phi) is 4.89. The number of benzene rings is 2. The van der Waals surface area contributed by atoms with Gasteiger partial charge in [-0.05, 0) is 43.3 Å². The van der Waals surface area contributed by atoms with Crippen LogP contribution in [0, 0.1) is 6.92 Å². The monoisotopic (exact) mass is 430 g/mol. The van der Waals surface area contributed by atoms with Gasteiger partial charge in [-0.3, -0.25) is 0 Å². The molecule has 2 aromatic heterocycles. The fourth-order valence-corrected chi connectivity index (χ4v) is 4.59. The molecule has 0 fully saturated rings. The summed E-state index contributed by atoms with van der Waals surface area (Å²) in [6, 6.07) is 16.3. The van der Waals surface area contributed by atoms with Gasteiger partial charge < -0.3 is 4.40 Å². The molecule has 0 aliphatic heterocycles. The van der Waals surface area contributed by atoms with Gasteiger partial charge in [0.05, 0.1) is 27.6 Å². The Morgan fingerprint density at radius 1 is 0.933 bits per heavy atom. The highest BCUT2D eigenvalue weighted by Crippen LogP contribution is 2.33. The second-order valence-electron chi connectivity index (χ2n) is 6.98. The highest BCUT2D eigenvalue weighted by atomic mass is 32.2. The minimum atomic E-state index is -4.45. The van der Waals surface area contributed by atoms with Gasteiger partial charge in [0.25, 0.3) is 0 Å². The molecule has 0 saturated carbocycles. The Bertz CT molecular complexity index is 1310. The molecule has 0 unspecified atom stereocenters. The predicted molar refractivity (Wildman–Crippen MR) is 108 cm³/mol. The third-order valence-corrected chi connectivity index (χ3v) is 6.47. The lowest BCUT2D eigenvalue weighted by atomic mass is 10.1. The van der Waals surface area contributed by atoms with E-state index in [0.717, 1.165) is 17.7 Å². The molecule has 0 saturated heterocycles. The summed E-state index contributed by atoms with van der Waals surface area (Å²) in [6.45, 7) is 1.86. The Morgan fingerprint density at radius 3 is 2.23 bits per heavy atom. The highest BCUT2D eigenvalue weighted by Gasteiger charge is 2.30. The smallest absolute Gasteiger partial charge is 0.302 e. The summed E-state index contributed by atoms with van der Waals surface area (Å²) in [5, 5.41) is 0. The van der Waals surface area contributed by atoms with Crippen molar-refractivity contribution in [3.8, 4) is 11.3 Å². The van der Waals surface area contributed by atoms with Gasteiger partial charge in [-0.2, -0.15) is 13.2 Å². The number of aromatic nitrogens is 2. The number of halogens is 3. The van der Waals surface area contributed by atoms with Gasteiger partial charge in [0, 0.05) is 11.8 Å². The number of fused-ring (bicyclic) bond motifs is 1. The normalized spacial score (nSPS) is 12.4. The predicted octanol–water partition coefficient (Wildman–Crippen LogP) is 5.30. The van der Waals surface area contributed by atoms with Gasteiger partial charge in [0.1, 0.15) is 5.65 Å². The van der Waals surface area contributed by atoms with E-state index in [4.69, 9.17) is 0 Å². The number of nitrogens with zero attached hydrogens (tertiary/aromatic N) is 2. The van der Waals surface area contributed by atoms with Crippen LogP contribution in [0.4, 0.5) is 13.2 Å². The van der Waals surface area contributed by atoms with E-state index in [1.807, 2.05) is 6.92 Å². The lowest BCUT2D eigenvalue weighted by molar-refractivity contribution is -0.137. The molecule has 0 amide bonds. The molecule has 0 atom stereocenters. The molecule has 0 spiro atoms. The number of pyridine rings is 1. The van der Waals surface area contributed by atoms with Crippen LogP contribution in [-0.4, -0.2) is 17.8 Å². The topological polar surface area (TPSA) is 51.4 Å². The van der Waals surface area contributed by atoms with Gasteiger partial charge in [-0.25, -0.2) is 13.4 Å². The van der Waals surface area contributed by atoms with Crippen LogP contribution in [0.5, 0.6) is 0 Å². The molecular weight excluding hydrogens is 413 g/mol. The maximum absolute atomic E-state index is 13.0. The number of hydrogen-bond acceptors (Lipinski definition) is 3. The van der Waals surface area contributed by atoms with Crippen LogP contribution in [0.1, 0.15) is 16.8 Å². The minimum absolute atomic E-state index is 0.178. The van der Waals surface area contributed by atoms with Crippen molar-refractivity contribution in [1.82, 2.24) is 9.38 Å². The van der Waals surface area contributed by atoms with E-state index in [0.29, 0.717) is 22.6 Å². The number of hydrogen-bond donors (Lipinski definition) is 0. The van der Waals surface area contributed by atoms with Gasteiger partial charge in [0.15, 0.2) is 9.84 Å². The van der Waals surface area contributed by atoms with E-state index < -0.39 is 21.6 Å². The molecule has 4 aromatic rings. The van der Waals surface area contributed by atoms with Crippen LogP contribution >= 0.6 is 0 Å². The van der Waals surface area contributed by atoms with Crippen molar-refractivity contribution in [1.29, 1.82) is 0 Å². The zero-order chi connectivity index (χ0) is 21.5. The van der Waals surface area contributed by atoms with E-state index in [1.165, 1.54) is 12.1 Å². The second-order valence-corrected chi connectivity index (χ2v) is 8.97. The van der Waals surface area contributed by atoms with Crippen LogP contribution in [0.2, 0.25) is 0 Å². The number of aryl methyl sites for hydroxylation is 1. The molecule has 30 heavy (non-hydrogen) atoms. The maximum Gasteiger partial charge on any atom is 0.416 e. The zero-order valence-electron chi connectivity index (χ0n) is 15.9. The lowest BCUT2D eigenvalue weighted by Crippen LogP contribution is -2.08. The van der Waals surface area contributed by atoms with Gasteiger partial charge in [0.2, 0.25) is 0 Å². The average molecular weight is 430 g/mol. The first-order valence-corrected chi connectivity index (χ1v) is 10.7. The maximum atomic E-state index is 13.0. The Morgan fingerprint density at radius 2 is 1.60 bits per heavy atom. The molecule has 0 radical (unpaired) electrons. The van der Waals surface area contributed by atoms with E-state index >= 15 is 0 Å². The van der Waals surface area contributed by atoms with Crippen molar-refractivity contribution in [2.75, 3.05) is 0 Å². The number of alkyl halides is 3. The zero-order valence-corrected chi connectivity index (χ0v) is 16.7. The first-order valence-electron chi connectivity index (χ1n) is 9.08. The van der Waals surface area contributed by atoms with Gasteiger partial charge in [-0.15, -0.1) is 0 Å². The third kappa shape index (κ3) is 3.82. The molecule has 0 aliphatic rings. The van der Waals surface area contributed by atoms with Crippen LogP contribution in [0.3, 0.4) is 0 Å². The van der Waals surface area contributed by atoms with Crippen molar-refractivity contribution in [3.05, 3.63) is 89.7 Å². The number of rotatable bonds is 4. The first-order chi connectivity index (χ1) is 14.1. The number of imidazole rings is 1. The fraction of sp³-hybridized carbons (Fsp3) is 0.136. The summed E-state index contributed by atoms with van der Waals surface area (Å²) < 4.78 is 66.4. The first kappa shape index (κ1) is 20.2. The lowest BCUT2D eigenvalue weighted by Gasteiger charge is -2.09. The Hall–Kier alpha value is -3.13. The summed E-state index contributed by atoms with van der Waals surface area (Å²) in [7, 11) is -3.69. The highest BCUT2D eigenvalue weighted by molar-refractivity contribution is 7.90. The van der Waals surface area contributed by atoms with E-state index in [9.17, 15) is 21.6 Å². The third-order valence-electron chi connectivity index (χ3n) is 4.82. The van der Waals surface area contributed by atoms with E-state index in [2.05, 4.69) is 4.98 Å². The molecule has 2 heterocycles. The van der Waals surface area contributed by atoms with Crippen molar-refractivity contribution < 1.29 is 21.6 Å². The molecule has 8 heteroatoms. The summed E-state index contributed by atoms with van der Waals surface area (Å²) in [6.07, 6.45) is -2.76. The molecule has 154 valence electrons. The molecule has 0 aliphatic carbocycles. The second kappa shape index (κ2) is 7.28. The van der Waals surface area contributed by atoms with Crippen molar-refractivity contribution in [3.63, 3.8) is 0 Å². The van der Waals surface area contributed by atoms with Crippen LogP contribution in [0.15, 0.2) is 77.8 Å². The van der Waals surface area contributed by atoms with Crippen LogP contribution < -0.4 is 0 Å². The van der Waals surface area contributed by atoms with Crippen molar-refractivity contribution in [2.45, 2.75) is 23.7 Å². The Labute approximate surface area is 171 Å². The van der Waals surface area contributed by atoms with Crippen LogP contribution in [-0.2, 0) is 21.8 Å². The van der Waals surface area contributed by atoms with Crippen molar-refractivity contribution in [2.24, 2.45) is 0 Å². The molecule has 2 aromatic carbocycles. The van der Waals surface area contributed by atoms with Gasteiger partial charge >= 0.3 is 6.18 Å². The molecule has 0 bridgehead atoms. The minimum Gasteiger partial charge on any atom is -0.302 e. The van der Waals surface area contributed by atoms with E-state index in [-0.39, 0.29) is 10.6 Å². The average Bonchev–Trinajstić information content (AvgIpc) is 3.06. The fourth-order valence-electron chi connectivity index (χ4n) is 3.24. The molecule has 4 rings (SSSR count). The largest absolute Gasteiger partial charge is 0.416 e. The van der Waals surface area contributed by atoms with Crippen LogP contribution in [0.25, 0.3) is 16.9 Å². The molecule has 0 N–H and O–H groups in total.